The van der Waals surface area contributed by atoms with Crippen LogP contribution in [-0.2, 0) is 25.2 Å². The summed E-state index contributed by atoms with van der Waals surface area (Å²) in [6.45, 7) is 1.70. The summed E-state index contributed by atoms with van der Waals surface area (Å²) >= 11 is 0. The third-order valence-electron chi connectivity index (χ3n) is 11.1. The number of piperidine rings is 1. The van der Waals surface area contributed by atoms with Crippen LogP contribution >= 0.6 is 0 Å². The van der Waals surface area contributed by atoms with Gasteiger partial charge in [-0.15, -0.1) is 0 Å². The summed E-state index contributed by atoms with van der Waals surface area (Å²) in [5.74, 6) is -4.69. The van der Waals surface area contributed by atoms with Gasteiger partial charge in [0.1, 0.15) is 11.6 Å². The van der Waals surface area contributed by atoms with Gasteiger partial charge in [-0.2, -0.15) is 13.2 Å². The third-order valence-corrected chi connectivity index (χ3v) is 11.1. The molecule has 4 heterocycles. The van der Waals surface area contributed by atoms with Crippen molar-refractivity contribution in [3.8, 4) is 5.75 Å². The van der Waals surface area contributed by atoms with E-state index < -0.39 is 52.9 Å². The first-order chi connectivity index (χ1) is 23.8. The lowest BCUT2D eigenvalue weighted by Gasteiger charge is -2.35. The Bertz CT molecular complexity index is 1550. The minimum Gasteiger partial charge on any atom is -0.497 e. The number of hydrogen-bond donors (Lipinski definition) is 1. The predicted molar refractivity (Wildman–Crippen MR) is 174 cm³/mol. The molecule has 2 aromatic carbocycles. The molecule has 14 heteroatoms. The fraction of sp³-hybridized carbons (Fsp3) is 0.611. The molecule has 4 aliphatic heterocycles. The number of ether oxygens (including phenoxy) is 3. The number of alkyl halides is 4. The zero-order chi connectivity index (χ0) is 35.8. The summed E-state index contributed by atoms with van der Waals surface area (Å²) in [6.07, 6.45) is -2.74. The molecule has 2 aromatic rings. The number of hydrogen-bond acceptors (Lipinski definition) is 7. The molecule has 4 saturated heterocycles. The molecule has 4 aliphatic rings. The number of carbonyl (C=O) groups excluding carboxylic acids is 1. The number of amides is 1. The van der Waals surface area contributed by atoms with Crippen LogP contribution in [0, 0.1) is 17.7 Å². The summed E-state index contributed by atoms with van der Waals surface area (Å²) in [6, 6.07) is 7.69. The molecule has 0 spiro atoms. The van der Waals surface area contributed by atoms with Crippen LogP contribution in [0.2, 0.25) is 0 Å². The van der Waals surface area contributed by atoms with Crippen molar-refractivity contribution in [3.05, 3.63) is 58.9 Å². The largest absolute Gasteiger partial charge is 0.497 e. The Morgan fingerprint density at radius 2 is 1.68 bits per heavy atom. The smallest absolute Gasteiger partial charge is 0.416 e. The zero-order valence-electron chi connectivity index (χ0n) is 28.3. The average Bonchev–Trinajstić information content (AvgIpc) is 3.69. The molecule has 0 radical (unpaired) electrons. The van der Waals surface area contributed by atoms with Gasteiger partial charge in [0.05, 0.1) is 25.2 Å². The van der Waals surface area contributed by atoms with E-state index in [-0.39, 0.29) is 82.0 Å². The summed E-state index contributed by atoms with van der Waals surface area (Å²) in [5, 5.41) is 9.50. The second-order valence-corrected chi connectivity index (χ2v) is 14.0. The SMILES string of the molecule is COC[C@H]1CN(C(=O)[C@]2(F)CN(C3CCOCC3)C[C@H]2c2ccc(OC)cc2F)C[C@@H]1c1ccc(C(F)(F)F)cc1N1CCC(C(=O)O)CC1. The molecule has 1 N–H and O–H groups in total. The first kappa shape index (κ1) is 36.3. The fourth-order valence-corrected chi connectivity index (χ4v) is 8.37. The molecule has 274 valence electrons. The molecule has 6 rings (SSSR count). The Morgan fingerprint density at radius 3 is 2.30 bits per heavy atom. The quantitative estimate of drug-likeness (QED) is 0.350. The molecule has 0 aliphatic carbocycles. The monoisotopic (exact) mass is 709 g/mol. The number of aliphatic carboxylic acids is 1. The molecule has 50 heavy (non-hydrogen) atoms. The van der Waals surface area contributed by atoms with Gasteiger partial charge in [-0.25, -0.2) is 8.78 Å². The molecule has 9 nitrogen and oxygen atoms in total. The Labute approximate surface area is 288 Å². The molecule has 0 saturated carbocycles. The van der Waals surface area contributed by atoms with E-state index in [1.807, 2.05) is 4.90 Å². The first-order valence-electron chi connectivity index (χ1n) is 17.1. The number of carboxylic acids is 1. The highest BCUT2D eigenvalue weighted by Crippen LogP contribution is 2.47. The van der Waals surface area contributed by atoms with Crippen molar-refractivity contribution in [2.45, 2.75) is 55.4 Å². The summed E-state index contributed by atoms with van der Waals surface area (Å²) in [4.78, 5) is 31.2. The van der Waals surface area contributed by atoms with Crippen molar-refractivity contribution in [2.75, 3.05) is 78.2 Å². The van der Waals surface area contributed by atoms with Crippen LogP contribution in [0.25, 0.3) is 0 Å². The Hall–Kier alpha value is -3.49. The van der Waals surface area contributed by atoms with Crippen LogP contribution in [0.1, 0.15) is 54.2 Å². The van der Waals surface area contributed by atoms with Crippen LogP contribution in [0.5, 0.6) is 5.75 Å². The number of carbonyl (C=O) groups is 2. The van der Waals surface area contributed by atoms with Crippen molar-refractivity contribution in [2.24, 2.45) is 11.8 Å². The topological polar surface area (TPSA) is 91.8 Å². The van der Waals surface area contributed by atoms with Gasteiger partial charge in [0, 0.05) is 95.1 Å². The van der Waals surface area contributed by atoms with Gasteiger partial charge in [0.25, 0.3) is 5.91 Å². The van der Waals surface area contributed by atoms with Gasteiger partial charge in [0.15, 0.2) is 0 Å². The van der Waals surface area contributed by atoms with Crippen molar-refractivity contribution < 1.29 is 50.9 Å². The van der Waals surface area contributed by atoms with E-state index in [1.54, 1.807) is 11.0 Å². The maximum absolute atomic E-state index is 17.7. The Balaban J connectivity index is 1.33. The van der Waals surface area contributed by atoms with Crippen LogP contribution in [-0.4, -0.2) is 112 Å². The zero-order valence-corrected chi connectivity index (χ0v) is 28.3. The predicted octanol–water partition coefficient (Wildman–Crippen LogP) is 5.33. The summed E-state index contributed by atoms with van der Waals surface area (Å²) in [7, 11) is 2.90. The highest BCUT2D eigenvalue weighted by Gasteiger charge is 2.58. The molecule has 0 bridgehead atoms. The van der Waals surface area contributed by atoms with E-state index in [0.29, 0.717) is 37.3 Å². The highest BCUT2D eigenvalue weighted by atomic mass is 19.4. The number of benzene rings is 2. The number of nitrogens with zero attached hydrogens (tertiary/aromatic N) is 3. The van der Waals surface area contributed by atoms with Gasteiger partial charge in [-0.1, -0.05) is 12.1 Å². The van der Waals surface area contributed by atoms with Gasteiger partial charge in [-0.05, 0) is 55.0 Å². The van der Waals surface area contributed by atoms with Gasteiger partial charge < -0.3 is 29.1 Å². The lowest BCUT2D eigenvalue weighted by molar-refractivity contribution is -0.144. The average molecular weight is 710 g/mol. The first-order valence-corrected chi connectivity index (χ1v) is 17.1. The number of likely N-dealkylation sites (tertiary alicyclic amines) is 2. The van der Waals surface area contributed by atoms with E-state index in [1.165, 1.54) is 37.3 Å². The fourth-order valence-electron chi connectivity index (χ4n) is 8.37. The number of halogens is 5. The van der Waals surface area contributed by atoms with E-state index in [4.69, 9.17) is 14.2 Å². The normalized spacial score (nSPS) is 27.2. The minimum atomic E-state index is -4.61. The second-order valence-electron chi connectivity index (χ2n) is 14.0. The Kier molecular flexibility index (Phi) is 10.6. The molecule has 4 atom stereocenters. The van der Waals surface area contributed by atoms with Gasteiger partial charge in [-0.3, -0.25) is 14.5 Å². The summed E-state index contributed by atoms with van der Waals surface area (Å²) in [5.41, 5.74) is -2.36. The van der Waals surface area contributed by atoms with Crippen molar-refractivity contribution in [1.82, 2.24) is 9.80 Å². The molecule has 0 unspecified atom stereocenters. The Morgan fingerprint density at radius 1 is 0.980 bits per heavy atom. The van der Waals surface area contributed by atoms with Crippen molar-refractivity contribution in [1.29, 1.82) is 0 Å². The number of anilines is 1. The maximum atomic E-state index is 17.7. The number of rotatable bonds is 9. The van der Waals surface area contributed by atoms with Crippen LogP contribution < -0.4 is 9.64 Å². The maximum Gasteiger partial charge on any atom is 0.416 e. The van der Waals surface area contributed by atoms with Gasteiger partial charge >= 0.3 is 12.1 Å². The van der Waals surface area contributed by atoms with Crippen LogP contribution in [0.4, 0.5) is 27.6 Å². The number of carboxylic acid groups (broad SMARTS) is 1. The van der Waals surface area contributed by atoms with E-state index in [2.05, 4.69) is 0 Å². The van der Waals surface area contributed by atoms with E-state index >= 15 is 8.78 Å². The lowest BCUT2D eigenvalue weighted by Crippen LogP contribution is -2.50. The van der Waals surface area contributed by atoms with Crippen LogP contribution in [0.15, 0.2) is 36.4 Å². The lowest BCUT2D eigenvalue weighted by atomic mass is 9.84. The third kappa shape index (κ3) is 7.16. The van der Waals surface area contributed by atoms with E-state index in [9.17, 15) is 27.9 Å². The van der Waals surface area contributed by atoms with E-state index in [0.717, 1.165) is 12.1 Å². The summed E-state index contributed by atoms with van der Waals surface area (Å²) < 4.78 is 91.3. The van der Waals surface area contributed by atoms with Crippen molar-refractivity contribution in [3.63, 3.8) is 0 Å². The highest BCUT2D eigenvalue weighted by molar-refractivity contribution is 5.88. The molecular weight excluding hydrogens is 665 g/mol. The molecular formula is C36H44F5N3O6. The van der Waals surface area contributed by atoms with Gasteiger partial charge in [0.2, 0.25) is 5.67 Å². The van der Waals surface area contributed by atoms with Crippen LogP contribution in [0.3, 0.4) is 0 Å². The molecule has 1 amide bonds. The second kappa shape index (κ2) is 14.6. The standard InChI is InChI=1S/C36H44F5N3O6/c1-48-20-23-17-43(18-29(23)27-5-3-24(36(39,40)41)15-32(27)42-11-7-22(8-12-42)33(45)46)34(47)35(38)21-44(25-9-13-50-14-10-25)19-30(35)28-6-4-26(49-2)16-31(28)37/h3-6,15-16,22-23,25,29-30H,7-14,17-21H2,1-2H3,(H,45,46)/t23-,29+,30+,35+/m1/s1. The van der Waals surface area contributed by atoms with Crippen molar-refractivity contribution >= 4 is 17.6 Å². The number of methoxy groups -OCH3 is 2. The molecule has 4 fully saturated rings. The molecule has 0 aromatic heterocycles. The minimum absolute atomic E-state index is 0.0254.